The Balaban J connectivity index is 2.70. The van der Waals surface area contributed by atoms with Crippen LogP contribution in [-0.2, 0) is 4.74 Å². The van der Waals surface area contributed by atoms with Crippen molar-refractivity contribution >= 4 is 11.5 Å². The quantitative estimate of drug-likeness (QED) is 0.701. The molecule has 0 unspecified atom stereocenters. The molecule has 0 atom stereocenters. The van der Waals surface area contributed by atoms with Crippen LogP contribution in [-0.4, -0.2) is 36.3 Å². The second kappa shape index (κ2) is 6.12. The van der Waals surface area contributed by atoms with E-state index in [-0.39, 0.29) is 6.04 Å². The van der Waals surface area contributed by atoms with Crippen LogP contribution in [0.5, 0.6) is 5.88 Å². The van der Waals surface area contributed by atoms with Crippen molar-refractivity contribution in [2.24, 2.45) is 0 Å². The van der Waals surface area contributed by atoms with Crippen molar-refractivity contribution in [2.75, 3.05) is 31.4 Å². The third kappa shape index (κ3) is 3.54. The van der Waals surface area contributed by atoms with E-state index in [1.807, 2.05) is 13.8 Å². The molecule has 0 aliphatic heterocycles. The summed E-state index contributed by atoms with van der Waals surface area (Å²) in [5.41, 5.74) is 6.28. The van der Waals surface area contributed by atoms with E-state index in [1.165, 1.54) is 6.33 Å². The highest BCUT2D eigenvalue weighted by molar-refractivity contribution is 5.66. The van der Waals surface area contributed by atoms with Gasteiger partial charge in [0, 0.05) is 13.2 Å². The summed E-state index contributed by atoms with van der Waals surface area (Å²) >= 11 is 0. The fourth-order valence-electron chi connectivity index (χ4n) is 1.10. The van der Waals surface area contributed by atoms with Crippen LogP contribution < -0.4 is 15.8 Å². The lowest BCUT2D eigenvalue weighted by atomic mass is 10.3. The van der Waals surface area contributed by atoms with Gasteiger partial charge in [-0.05, 0) is 13.8 Å². The molecule has 0 bridgehead atoms. The van der Waals surface area contributed by atoms with Crippen molar-refractivity contribution in [1.29, 1.82) is 0 Å². The van der Waals surface area contributed by atoms with Gasteiger partial charge in [-0.2, -0.15) is 4.98 Å². The summed E-state index contributed by atoms with van der Waals surface area (Å²) in [5, 5.41) is 3.12. The summed E-state index contributed by atoms with van der Waals surface area (Å²) in [7, 11) is 1.61. The lowest BCUT2D eigenvalue weighted by Gasteiger charge is -2.13. The van der Waals surface area contributed by atoms with E-state index in [0.717, 1.165) is 0 Å². The minimum atomic E-state index is 0.254. The van der Waals surface area contributed by atoms with Crippen molar-refractivity contribution < 1.29 is 9.47 Å². The maximum absolute atomic E-state index is 5.86. The molecule has 0 aliphatic carbocycles. The largest absolute Gasteiger partial charge is 0.474 e. The number of nitrogens with one attached hydrogen (secondary N) is 1. The number of anilines is 2. The second-order valence-electron chi connectivity index (χ2n) is 3.58. The molecule has 1 aromatic rings. The number of nitrogen functional groups attached to an aromatic ring is 1. The molecule has 1 heterocycles. The van der Waals surface area contributed by atoms with Crippen molar-refractivity contribution in [3.63, 3.8) is 0 Å². The van der Waals surface area contributed by atoms with Crippen molar-refractivity contribution in [3.05, 3.63) is 6.33 Å². The van der Waals surface area contributed by atoms with Crippen molar-refractivity contribution in [1.82, 2.24) is 9.97 Å². The number of ether oxygens (including phenoxy) is 2. The highest BCUT2D eigenvalue weighted by Gasteiger charge is 2.09. The number of aromatic nitrogens is 2. The van der Waals surface area contributed by atoms with Crippen LogP contribution in [0.1, 0.15) is 13.8 Å². The first-order chi connectivity index (χ1) is 7.65. The van der Waals surface area contributed by atoms with Gasteiger partial charge in [0.25, 0.3) is 0 Å². The maximum atomic E-state index is 5.86. The molecule has 0 spiro atoms. The molecule has 0 aromatic carbocycles. The van der Waals surface area contributed by atoms with Gasteiger partial charge in [-0.15, -0.1) is 0 Å². The summed E-state index contributed by atoms with van der Waals surface area (Å²) in [6, 6.07) is 0.254. The normalized spacial score (nSPS) is 10.5. The van der Waals surface area contributed by atoms with E-state index in [9.17, 15) is 0 Å². The number of rotatable bonds is 6. The summed E-state index contributed by atoms with van der Waals surface area (Å²) in [4.78, 5) is 8.01. The zero-order valence-electron chi connectivity index (χ0n) is 9.86. The summed E-state index contributed by atoms with van der Waals surface area (Å²) < 4.78 is 10.2. The average molecular weight is 226 g/mol. The number of nitrogens with zero attached hydrogens (tertiary/aromatic N) is 2. The molecule has 0 fully saturated rings. The number of methoxy groups -OCH3 is 1. The standard InChI is InChI=1S/C10H18N4O2/c1-7(2)14-9-8(11)10(13-6-12-9)16-5-4-15-3/h6-7H,4-5,11H2,1-3H3,(H,12,13,14). The summed E-state index contributed by atoms with van der Waals surface area (Å²) in [5.74, 6) is 0.979. The number of nitrogens with two attached hydrogens (primary N) is 1. The Kier molecular flexibility index (Phi) is 4.78. The van der Waals surface area contributed by atoms with Crippen LogP contribution in [0.3, 0.4) is 0 Å². The number of hydrogen-bond acceptors (Lipinski definition) is 6. The lowest BCUT2D eigenvalue weighted by molar-refractivity contribution is 0.144. The Bertz CT molecular complexity index is 331. The van der Waals surface area contributed by atoms with Gasteiger partial charge in [-0.1, -0.05) is 0 Å². The highest BCUT2D eigenvalue weighted by atomic mass is 16.5. The molecule has 6 nitrogen and oxygen atoms in total. The fraction of sp³-hybridized carbons (Fsp3) is 0.600. The van der Waals surface area contributed by atoms with E-state index >= 15 is 0 Å². The number of hydrogen-bond donors (Lipinski definition) is 2. The monoisotopic (exact) mass is 226 g/mol. The third-order valence-corrected chi connectivity index (χ3v) is 1.80. The van der Waals surface area contributed by atoms with Crippen molar-refractivity contribution in [3.8, 4) is 5.88 Å². The third-order valence-electron chi connectivity index (χ3n) is 1.80. The molecule has 1 rings (SSSR count). The molecule has 90 valence electrons. The zero-order valence-corrected chi connectivity index (χ0v) is 9.86. The molecule has 1 aromatic heterocycles. The van der Waals surface area contributed by atoms with E-state index in [0.29, 0.717) is 30.6 Å². The van der Waals surface area contributed by atoms with E-state index in [1.54, 1.807) is 7.11 Å². The van der Waals surface area contributed by atoms with Gasteiger partial charge >= 0.3 is 0 Å². The summed E-state index contributed by atoms with van der Waals surface area (Å²) in [6.07, 6.45) is 1.42. The maximum Gasteiger partial charge on any atom is 0.242 e. The predicted octanol–water partition coefficient (Wildman–Crippen LogP) is 0.904. The molecule has 0 saturated heterocycles. The van der Waals surface area contributed by atoms with Gasteiger partial charge < -0.3 is 20.5 Å². The highest BCUT2D eigenvalue weighted by Crippen LogP contribution is 2.24. The Labute approximate surface area is 95.2 Å². The predicted molar refractivity (Wildman–Crippen MR) is 62.6 cm³/mol. The Hall–Kier alpha value is -1.56. The van der Waals surface area contributed by atoms with Gasteiger partial charge in [0.05, 0.1) is 6.61 Å². The minimum Gasteiger partial charge on any atom is -0.474 e. The zero-order chi connectivity index (χ0) is 12.0. The Morgan fingerprint density at radius 2 is 2.12 bits per heavy atom. The van der Waals surface area contributed by atoms with E-state index < -0.39 is 0 Å². The molecule has 6 heteroatoms. The first-order valence-electron chi connectivity index (χ1n) is 5.14. The second-order valence-corrected chi connectivity index (χ2v) is 3.58. The van der Waals surface area contributed by atoms with Gasteiger partial charge in [0.2, 0.25) is 5.88 Å². The first-order valence-corrected chi connectivity index (χ1v) is 5.14. The molecule has 0 aliphatic rings. The molecule has 0 amide bonds. The van der Waals surface area contributed by atoms with Crippen LogP contribution in [0.2, 0.25) is 0 Å². The molecular weight excluding hydrogens is 208 g/mol. The topological polar surface area (TPSA) is 82.3 Å². The molecule has 0 radical (unpaired) electrons. The van der Waals surface area contributed by atoms with E-state index in [2.05, 4.69) is 15.3 Å². The molecular formula is C10H18N4O2. The Morgan fingerprint density at radius 1 is 1.38 bits per heavy atom. The molecule has 16 heavy (non-hydrogen) atoms. The van der Waals surface area contributed by atoms with Gasteiger partial charge in [-0.25, -0.2) is 4.98 Å². The van der Waals surface area contributed by atoms with Crippen LogP contribution in [0, 0.1) is 0 Å². The van der Waals surface area contributed by atoms with Crippen LogP contribution in [0.4, 0.5) is 11.5 Å². The Morgan fingerprint density at radius 3 is 2.75 bits per heavy atom. The smallest absolute Gasteiger partial charge is 0.242 e. The van der Waals surface area contributed by atoms with Crippen LogP contribution >= 0.6 is 0 Å². The van der Waals surface area contributed by atoms with Crippen LogP contribution in [0.15, 0.2) is 6.33 Å². The van der Waals surface area contributed by atoms with Crippen LogP contribution in [0.25, 0.3) is 0 Å². The van der Waals surface area contributed by atoms with Gasteiger partial charge in [0.1, 0.15) is 18.6 Å². The first kappa shape index (κ1) is 12.5. The summed E-state index contributed by atoms with van der Waals surface area (Å²) in [6.45, 7) is 4.93. The van der Waals surface area contributed by atoms with Gasteiger partial charge in [0.15, 0.2) is 5.82 Å². The minimum absolute atomic E-state index is 0.254. The van der Waals surface area contributed by atoms with E-state index in [4.69, 9.17) is 15.2 Å². The average Bonchev–Trinajstić information content (AvgIpc) is 2.23. The SMILES string of the molecule is COCCOc1ncnc(NC(C)C)c1N. The molecule has 3 N–H and O–H groups in total. The van der Waals surface area contributed by atoms with Gasteiger partial charge in [-0.3, -0.25) is 0 Å². The van der Waals surface area contributed by atoms with Crippen molar-refractivity contribution in [2.45, 2.75) is 19.9 Å². The fourth-order valence-corrected chi connectivity index (χ4v) is 1.10. The lowest BCUT2D eigenvalue weighted by Crippen LogP contribution is -2.14. The molecule has 0 saturated carbocycles.